The second-order valence-corrected chi connectivity index (χ2v) is 9.10. The van der Waals surface area contributed by atoms with E-state index in [-0.39, 0.29) is 0 Å². The molecule has 1 heterocycles. The van der Waals surface area contributed by atoms with E-state index in [0.29, 0.717) is 5.56 Å². The van der Waals surface area contributed by atoms with Crippen LogP contribution in [0.1, 0.15) is 42.5 Å². The lowest BCUT2D eigenvalue weighted by Crippen LogP contribution is -2.46. The average Bonchev–Trinajstić information content (AvgIpc) is 2.81. The van der Waals surface area contributed by atoms with Crippen LogP contribution in [0.4, 0.5) is 11.4 Å². The number of hydrogen-bond acceptors (Lipinski definition) is 5. The molecule has 168 valence electrons. The van der Waals surface area contributed by atoms with E-state index in [1.807, 2.05) is 23.9 Å². The minimum absolute atomic E-state index is 0.336. The van der Waals surface area contributed by atoms with Crippen molar-refractivity contribution in [3.05, 3.63) is 54.1 Å². The summed E-state index contributed by atoms with van der Waals surface area (Å²) in [5, 5.41) is 9.05. The van der Waals surface area contributed by atoms with Crippen molar-refractivity contribution >= 4 is 29.1 Å². The molecule has 0 aliphatic carbocycles. The fourth-order valence-electron chi connectivity index (χ4n) is 3.86. The number of rotatable bonds is 12. The van der Waals surface area contributed by atoms with Crippen molar-refractivity contribution in [2.24, 2.45) is 0 Å². The number of unbranched alkanes of at least 4 members (excludes halogenated alkanes) is 4. The van der Waals surface area contributed by atoms with Crippen LogP contribution in [0.15, 0.2) is 53.4 Å². The van der Waals surface area contributed by atoms with Crippen molar-refractivity contribution in [3.63, 3.8) is 0 Å². The van der Waals surface area contributed by atoms with Crippen LogP contribution in [0.3, 0.4) is 0 Å². The minimum atomic E-state index is -0.879. The van der Waals surface area contributed by atoms with E-state index in [1.54, 1.807) is 19.2 Å². The molecule has 6 heteroatoms. The lowest BCUT2D eigenvalue weighted by Gasteiger charge is -2.37. The molecule has 1 fully saturated rings. The summed E-state index contributed by atoms with van der Waals surface area (Å²) < 4.78 is 5.09. The highest BCUT2D eigenvalue weighted by Crippen LogP contribution is 2.25. The van der Waals surface area contributed by atoms with Gasteiger partial charge in [0.05, 0.1) is 5.56 Å². The Labute approximate surface area is 190 Å². The first-order valence-electron chi connectivity index (χ1n) is 11.2. The third-order valence-corrected chi connectivity index (χ3v) is 6.82. The molecule has 0 aromatic heterocycles. The molecule has 1 N–H and O–H groups in total. The lowest BCUT2D eigenvalue weighted by molar-refractivity contribution is 0.0697. The second kappa shape index (κ2) is 12.6. The van der Waals surface area contributed by atoms with Crippen molar-refractivity contribution in [1.82, 2.24) is 0 Å². The van der Waals surface area contributed by atoms with Gasteiger partial charge in [0.1, 0.15) is 0 Å². The lowest BCUT2D eigenvalue weighted by atomic mass is 10.1. The van der Waals surface area contributed by atoms with E-state index in [1.165, 1.54) is 48.4 Å². The highest BCUT2D eigenvalue weighted by Gasteiger charge is 2.18. The zero-order valence-electron chi connectivity index (χ0n) is 18.5. The number of carboxylic acid groups (broad SMARTS) is 1. The van der Waals surface area contributed by atoms with Crippen molar-refractivity contribution in [3.8, 4) is 0 Å². The van der Waals surface area contributed by atoms with Gasteiger partial charge in [0, 0.05) is 56.2 Å². The van der Waals surface area contributed by atoms with E-state index in [2.05, 4.69) is 34.1 Å². The highest BCUT2D eigenvalue weighted by atomic mass is 32.2. The van der Waals surface area contributed by atoms with Crippen molar-refractivity contribution in [2.75, 3.05) is 55.4 Å². The molecule has 0 unspecified atom stereocenters. The normalized spacial score (nSPS) is 14.1. The molecule has 2 aromatic carbocycles. The van der Waals surface area contributed by atoms with Crippen LogP contribution in [-0.4, -0.2) is 56.7 Å². The predicted molar refractivity (Wildman–Crippen MR) is 130 cm³/mol. The van der Waals surface area contributed by atoms with Gasteiger partial charge in [0.25, 0.3) is 0 Å². The maximum Gasteiger partial charge on any atom is 0.335 e. The van der Waals surface area contributed by atoms with Gasteiger partial charge < -0.3 is 19.6 Å². The zero-order valence-corrected chi connectivity index (χ0v) is 19.3. The quantitative estimate of drug-likeness (QED) is 0.351. The molecule has 0 radical (unpaired) electrons. The fourth-order valence-corrected chi connectivity index (χ4v) is 4.77. The summed E-state index contributed by atoms with van der Waals surface area (Å²) in [5.74, 6) is 0.305. The Kier molecular flexibility index (Phi) is 9.56. The van der Waals surface area contributed by atoms with Gasteiger partial charge in [-0.1, -0.05) is 19.3 Å². The summed E-state index contributed by atoms with van der Waals surface area (Å²) in [6.07, 6.45) is 6.33. The maximum absolute atomic E-state index is 11.0. The summed E-state index contributed by atoms with van der Waals surface area (Å²) >= 11 is 1.95. The number of ether oxygens (including phenoxy) is 1. The highest BCUT2D eigenvalue weighted by molar-refractivity contribution is 7.99. The zero-order chi connectivity index (χ0) is 21.9. The number of piperazine rings is 1. The molecule has 3 rings (SSSR count). The van der Waals surface area contributed by atoms with Crippen LogP contribution >= 0.6 is 11.8 Å². The van der Waals surface area contributed by atoms with Gasteiger partial charge in [0.2, 0.25) is 0 Å². The summed E-state index contributed by atoms with van der Waals surface area (Å²) in [6, 6.07) is 16.2. The molecule has 2 aromatic rings. The first-order valence-corrected chi connectivity index (χ1v) is 12.2. The Morgan fingerprint density at radius 3 is 1.90 bits per heavy atom. The van der Waals surface area contributed by atoms with Crippen molar-refractivity contribution < 1.29 is 14.6 Å². The molecule has 0 atom stereocenters. The van der Waals surface area contributed by atoms with Crippen LogP contribution in [0.25, 0.3) is 0 Å². The molecule has 1 saturated heterocycles. The first-order chi connectivity index (χ1) is 15.2. The molecule has 0 bridgehead atoms. The van der Waals surface area contributed by atoms with Gasteiger partial charge in [-0.3, -0.25) is 0 Å². The van der Waals surface area contributed by atoms with Gasteiger partial charge in [0.15, 0.2) is 0 Å². The number of carboxylic acids is 1. The number of nitrogens with zero attached hydrogens (tertiary/aromatic N) is 2. The SMILES string of the molecule is COCCCCCCCSc1ccc(N2CCN(c3ccc(C(=O)O)cc3)CC2)cc1. The summed E-state index contributed by atoms with van der Waals surface area (Å²) in [7, 11) is 1.77. The Hall–Kier alpha value is -2.18. The number of methoxy groups -OCH3 is 1. The van der Waals surface area contributed by atoms with Crippen LogP contribution < -0.4 is 9.80 Å². The topological polar surface area (TPSA) is 53.0 Å². The largest absolute Gasteiger partial charge is 0.478 e. The predicted octanol–water partition coefficient (Wildman–Crippen LogP) is 5.40. The molecule has 0 saturated carbocycles. The smallest absolute Gasteiger partial charge is 0.335 e. The molecular weight excluding hydrogens is 408 g/mol. The Morgan fingerprint density at radius 1 is 0.839 bits per heavy atom. The standard InChI is InChI=1S/C25H34N2O3S/c1-30-19-5-3-2-4-6-20-31-24-13-11-23(12-14-24)27-17-15-26(16-18-27)22-9-7-21(8-10-22)25(28)29/h7-14H,2-6,15-20H2,1H3,(H,28,29). The summed E-state index contributed by atoms with van der Waals surface area (Å²) in [6.45, 7) is 4.70. The molecule has 1 aliphatic rings. The van der Waals surface area contributed by atoms with E-state index in [9.17, 15) is 4.79 Å². The molecule has 5 nitrogen and oxygen atoms in total. The van der Waals surface area contributed by atoms with Gasteiger partial charge >= 0.3 is 5.97 Å². The van der Waals surface area contributed by atoms with E-state index in [0.717, 1.165) is 38.5 Å². The summed E-state index contributed by atoms with van der Waals surface area (Å²) in [5.41, 5.74) is 2.71. The summed E-state index contributed by atoms with van der Waals surface area (Å²) in [4.78, 5) is 17.1. The van der Waals surface area contributed by atoms with Crippen LogP contribution in [-0.2, 0) is 4.74 Å². The number of aromatic carboxylic acids is 1. The molecule has 31 heavy (non-hydrogen) atoms. The van der Waals surface area contributed by atoms with Gasteiger partial charge in [-0.05, 0) is 67.1 Å². The maximum atomic E-state index is 11.0. The van der Waals surface area contributed by atoms with Gasteiger partial charge in [-0.15, -0.1) is 11.8 Å². The average molecular weight is 443 g/mol. The number of hydrogen-bond donors (Lipinski definition) is 1. The molecule has 1 aliphatic heterocycles. The van der Waals surface area contributed by atoms with Crippen LogP contribution in [0.2, 0.25) is 0 Å². The number of anilines is 2. The monoisotopic (exact) mass is 442 g/mol. The molecule has 0 amide bonds. The van der Waals surface area contributed by atoms with Crippen molar-refractivity contribution in [1.29, 1.82) is 0 Å². The third kappa shape index (κ3) is 7.47. The van der Waals surface area contributed by atoms with Gasteiger partial charge in [-0.2, -0.15) is 0 Å². The third-order valence-electron chi connectivity index (χ3n) is 5.72. The second-order valence-electron chi connectivity index (χ2n) is 7.93. The van der Waals surface area contributed by atoms with E-state index >= 15 is 0 Å². The van der Waals surface area contributed by atoms with Crippen LogP contribution in [0.5, 0.6) is 0 Å². The number of thioether (sulfide) groups is 1. The fraction of sp³-hybridized carbons (Fsp3) is 0.480. The Balaban J connectivity index is 1.37. The van der Waals surface area contributed by atoms with E-state index < -0.39 is 5.97 Å². The minimum Gasteiger partial charge on any atom is -0.478 e. The molecular formula is C25H34N2O3S. The van der Waals surface area contributed by atoms with E-state index in [4.69, 9.17) is 9.84 Å². The van der Waals surface area contributed by atoms with Crippen LogP contribution in [0, 0.1) is 0 Å². The van der Waals surface area contributed by atoms with Gasteiger partial charge in [-0.25, -0.2) is 4.79 Å². The van der Waals surface area contributed by atoms with Crippen molar-refractivity contribution in [2.45, 2.75) is 37.0 Å². The molecule has 0 spiro atoms. The number of benzene rings is 2. The number of carbonyl (C=O) groups is 1. The Morgan fingerprint density at radius 2 is 1.35 bits per heavy atom. The first kappa shape index (κ1) is 23.5. The Bertz CT molecular complexity index is 787.